The standard InChI is InChI=1S/C21H24BrN3O4S/c1-14-5-3-6-18(15(14)2)24-20(26)13-23-21(27)19-7-4-12-25(19)30(28,29)17-10-8-16(22)9-11-17/h3,5-6,8-11,19H,4,7,12-13H2,1-2H3,(H,23,27)(H,24,26). The summed E-state index contributed by atoms with van der Waals surface area (Å²) in [5.74, 6) is -0.832. The first-order chi connectivity index (χ1) is 14.2. The van der Waals surface area contributed by atoms with E-state index in [9.17, 15) is 18.0 Å². The van der Waals surface area contributed by atoms with E-state index in [4.69, 9.17) is 0 Å². The first kappa shape index (κ1) is 22.5. The number of carbonyl (C=O) groups is 2. The Hall–Kier alpha value is -2.23. The molecular weight excluding hydrogens is 470 g/mol. The summed E-state index contributed by atoms with van der Waals surface area (Å²) >= 11 is 3.29. The molecule has 1 aliphatic rings. The molecule has 2 amide bonds. The van der Waals surface area contributed by atoms with Crippen molar-refractivity contribution in [1.82, 2.24) is 9.62 Å². The third-order valence-electron chi connectivity index (χ3n) is 5.23. The fourth-order valence-electron chi connectivity index (χ4n) is 3.40. The molecule has 0 radical (unpaired) electrons. The summed E-state index contributed by atoms with van der Waals surface area (Å²) < 4.78 is 27.9. The summed E-state index contributed by atoms with van der Waals surface area (Å²) in [5, 5.41) is 5.36. The molecule has 7 nitrogen and oxygen atoms in total. The van der Waals surface area contributed by atoms with Gasteiger partial charge in [-0.1, -0.05) is 28.1 Å². The molecule has 160 valence electrons. The highest BCUT2D eigenvalue weighted by Gasteiger charge is 2.39. The molecule has 1 atom stereocenters. The van der Waals surface area contributed by atoms with Crippen LogP contribution in [0.1, 0.15) is 24.0 Å². The van der Waals surface area contributed by atoms with Crippen molar-refractivity contribution in [2.75, 3.05) is 18.4 Å². The minimum absolute atomic E-state index is 0.137. The van der Waals surface area contributed by atoms with Crippen LogP contribution in [0.4, 0.5) is 5.69 Å². The number of nitrogens with zero attached hydrogens (tertiary/aromatic N) is 1. The fourth-order valence-corrected chi connectivity index (χ4v) is 5.32. The Morgan fingerprint density at radius 2 is 1.83 bits per heavy atom. The molecule has 0 saturated carbocycles. The first-order valence-electron chi connectivity index (χ1n) is 9.61. The number of rotatable bonds is 6. The molecule has 0 spiro atoms. The number of hydrogen-bond donors (Lipinski definition) is 2. The lowest BCUT2D eigenvalue weighted by Crippen LogP contribution is -2.47. The molecule has 2 N–H and O–H groups in total. The summed E-state index contributed by atoms with van der Waals surface area (Å²) in [6.07, 6.45) is 1.00. The highest BCUT2D eigenvalue weighted by Crippen LogP contribution is 2.27. The van der Waals surface area contributed by atoms with Crippen LogP contribution in [-0.4, -0.2) is 43.7 Å². The molecule has 2 aromatic rings. The van der Waals surface area contributed by atoms with E-state index in [1.165, 1.54) is 16.4 Å². The summed E-state index contributed by atoms with van der Waals surface area (Å²) in [7, 11) is -3.80. The van der Waals surface area contributed by atoms with Crippen molar-refractivity contribution in [2.24, 2.45) is 0 Å². The van der Waals surface area contributed by atoms with Gasteiger partial charge in [0, 0.05) is 16.7 Å². The van der Waals surface area contributed by atoms with Crippen LogP contribution in [0.25, 0.3) is 0 Å². The van der Waals surface area contributed by atoms with Crippen LogP contribution in [-0.2, 0) is 19.6 Å². The van der Waals surface area contributed by atoms with E-state index in [0.717, 1.165) is 15.6 Å². The minimum Gasteiger partial charge on any atom is -0.346 e. The third-order valence-corrected chi connectivity index (χ3v) is 7.68. The lowest BCUT2D eigenvalue weighted by atomic mass is 10.1. The van der Waals surface area contributed by atoms with E-state index >= 15 is 0 Å². The van der Waals surface area contributed by atoms with E-state index in [-0.39, 0.29) is 23.9 Å². The largest absolute Gasteiger partial charge is 0.346 e. The van der Waals surface area contributed by atoms with Crippen LogP contribution in [0.5, 0.6) is 0 Å². The average Bonchev–Trinajstić information content (AvgIpc) is 3.21. The summed E-state index contributed by atoms with van der Waals surface area (Å²) in [6, 6.07) is 11.1. The van der Waals surface area contributed by atoms with Gasteiger partial charge in [-0.25, -0.2) is 8.42 Å². The van der Waals surface area contributed by atoms with Gasteiger partial charge < -0.3 is 10.6 Å². The molecule has 2 aromatic carbocycles. The van der Waals surface area contributed by atoms with Crippen molar-refractivity contribution in [2.45, 2.75) is 37.6 Å². The normalized spacial score (nSPS) is 17.0. The second-order valence-corrected chi connectivity index (χ2v) is 10.0. The number of amides is 2. The molecule has 1 saturated heterocycles. The molecule has 0 aromatic heterocycles. The molecule has 3 rings (SSSR count). The summed E-state index contributed by atoms with van der Waals surface area (Å²) in [4.78, 5) is 25.1. The van der Waals surface area contributed by atoms with Crippen molar-refractivity contribution in [3.8, 4) is 0 Å². The van der Waals surface area contributed by atoms with Gasteiger partial charge in [-0.3, -0.25) is 9.59 Å². The topological polar surface area (TPSA) is 95.6 Å². The second kappa shape index (κ2) is 9.28. The number of nitrogens with one attached hydrogen (secondary N) is 2. The van der Waals surface area contributed by atoms with Gasteiger partial charge in [-0.2, -0.15) is 4.31 Å². The zero-order valence-corrected chi connectivity index (χ0v) is 19.2. The minimum atomic E-state index is -3.80. The predicted molar refractivity (Wildman–Crippen MR) is 119 cm³/mol. The summed E-state index contributed by atoms with van der Waals surface area (Å²) in [5.41, 5.74) is 2.70. The Labute approximate surface area is 185 Å². The molecule has 1 heterocycles. The number of aryl methyl sites for hydroxylation is 1. The molecule has 30 heavy (non-hydrogen) atoms. The van der Waals surface area contributed by atoms with Gasteiger partial charge >= 0.3 is 0 Å². The molecule has 1 unspecified atom stereocenters. The van der Waals surface area contributed by atoms with E-state index < -0.39 is 22.0 Å². The Bertz CT molecular complexity index is 1050. The van der Waals surface area contributed by atoms with Crippen molar-refractivity contribution < 1.29 is 18.0 Å². The molecular formula is C21H24BrN3O4S. The Balaban J connectivity index is 1.63. The zero-order chi connectivity index (χ0) is 21.9. The summed E-state index contributed by atoms with van der Waals surface area (Å²) in [6.45, 7) is 3.90. The van der Waals surface area contributed by atoms with Crippen molar-refractivity contribution in [3.63, 3.8) is 0 Å². The van der Waals surface area contributed by atoms with Crippen molar-refractivity contribution >= 4 is 43.5 Å². The van der Waals surface area contributed by atoms with Crippen LogP contribution in [0.3, 0.4) is 0 Å². The Morgan fingerprint density at radius 3 is 2.53 bits per heavy atom. The maximum atomic E-state index is 13.0. The highest BCUT2D eigenvalue weighted by atomic mass is 79.9. The van der Waals surface area contributed by atoms with Gasteiger partial charge in [-0.05, 0) is 68.1 Å². The van der Waals surface area contributed by atoms with Gasteiger partial charge in [-0.15, -0.1) is 0 Å². The van der Waals surface area contributed by atoms with Gasteiger partial charge in [0.25, 0.3) is 0 Å². The number of halogens is 1. The quantitative estimate of drug-likeness (QED) is 0.646. The van der Waals surface area contributed by atoms with Gasteiger partial charge in [0.2, 0.25) is 21.8 Å². The van der Waals surface area contributed by atoms with Gasteiger partial charge in [0.15, 0.2) is 0 Å². The number of hydrogen-bond acceptors (Lipinski definition) is 4. The lowest BCUT2D eigenvalue weighted by molar-refractivity contribution is -0.126. The van der Waals surface area contributed by atoms with E-state index in [1.807, 2.05) is 26.0 Å². The number of benzene rings is 2. The van der Waals surface area contributed by atoms with Crippen LogP contribution in [0.2, 0.25) is 0 Å². The molecule has 0 bridgehead atoms. The molecule has 0 aliphatic carbocycles. The SMILES string of the molecule is Cc1cccc(NC(=O)CNC(=O)C2CCCN2S(=O)(=O)c2ccc(Br)cc2)c1C. The first-order valence-corrected chi connectivity index (χ1v) is 11.8. The second-order valence-electron chi connectivity index (χ2n) is 7.24. The fraction of sp³-hybridized carbons (Fsp3) is 0.333. The number of sulfonamides is 1. The van der Waals surface area contributed by atoms with Gasteiger partial charge in [0.1, 0.15) is 6.04 Å². The monoisotopic (exact) mass is 493 g/mol. The van der Waals surface area contributed by atoms with E-state index in [2.05, 4.69) is 26.6 Å². The highest BCUT2D eigenvalue weighted by molar-refractivity contribution is 9.10. The van der Waals surface area contributed by atoms with Crippen molar-refractivity contribution in [1.29, 1.82) is 0 Å². The van der Waals surface area contributed by atoms with Gasteiger partial charge in [0.05, 0.1) is 11.4 Å². The Kier molecular flexibility index (Phi) is 6.95. The van der Waals surface area contributed by atoms with E-state index in [1.54, 1.807) is 18.2 Å². The lowest BCUT2D eigenvalue weighted by Gasteiger charge is -2.23. The predicted octanol–water partition coefficient (Wildman–Crippen LogP) is 2.97. The third kappa shape index (κ3) is 4.91. The number of anilines is 1. The van der Waals surface area contributed by atoms with Crippen LogP contribution < -0.4 is 10.6 Å². The molecule has 9 heteroatoms. The Morgan fingerprint density at radius 1 is 1.13 bits per heavy atom. The maximum Gasteiger partial charge on any atom is 0.243 e. The van der Waals surface area contributed by atoms with E-state index in [0.29, 0.717) is 18.5 Å². The van der Waals surface area contributed by atoms with Crippen LogP contribution >= 0.6 is 15.9 Å². The smallest absolute Gasteiger partial charge is 0.243 e. The average molecular weight is 494 g/mol. The zero-order valence-electron chi connectivity index (χ0n) is 16.8. The molecule has 1 aliphatic heterocycles. The maximum absolute atomic E-state index is 13.0. The van der Waals surface area contributed by atoms with Crippen LogP contribution in [0.15, 0.2) is 51.8 Å². The molecule has 1 fully saturated rings. The van der Waals surface area contributed by atoms with Crippen molar-refractivity contribution in [3.05, 3.63) is 58.1 Å². The van der Waals surface area contributed by atoms with Crippen LogP contribution in [0, 0.1) is 13.8 Å². The number of carbonyl (C=O) groups excluding carboxylic acids is 2.